The fourth-order valence-electron chi connectivity index (χ4n) is 2.67. The Morgan fingerprint density at radius 2 is 1.75 bits per heavy atom. The number of fused-ring (bicyclic) bond motifs is 3. The van der Waals surface area contributed by atoms with Crippen LogP contribution in [-0.4, -0.2) is 11.7 Å². The van der Waals surface area contributed by atoms with E-state index in [1.54, 1.807) is 0 Å². The zero-order chi connectivity index (χ0) is 14.3. The van der Waals surface area contributed by atoms with Gasteiger partial charge < -0.3 is 5.43 Å². The molecule has 0 unspecified atom stereocenters. The highest BCUT2D eigenvalue weighted by Crippen LogP contribution is 2.30. The fraction of sp³-hybridized carbons (Fsp3) is 0.111. The molecular weight excluding hydrogens is 244 g/mol. The molecule has 0 aliphatic rings. The maximum Gasteiger partial charge on any atom is 0.0711 e. The van der Waals surface area contributed by atoms with Gasteiger partial charge in [0, 0.05) is 17.8 Å². The van der Waals surface area contributed by atoms with Gasteiger partial charge in [0.05, 0.1) is 11.0 Å². The summed E-state index contributed by atoms with van der Waals surface area (Å²) in [7, 11) is 1.94. The molecule has 1 N–H and O–H groups in total. The predicted octanol–water partition coefficient (Wildman–Crippen LogP) is 4.64. The Kier molecular flexibility index (Phi) is 2.87. The SMILES string of the molecule is C=Cc1ccc2c3ccc(C(=C)C)cc3n(NC)c2c1. The summed E-state index contributed by atoms with van der Waals surface area (Å²) in [6.45, 7) is 9.90. The molecule has 0 saturated carbocycles. The largest absolute Gasteiger partial charge is 0.328 e. The van der Waals surface area contributed by atoms with E-state index in [0.717, 1.165) is 11.1 Å². The van der Waals surface area contributed by atoms with Gasteiger partial charge in [-0.05, 0) is 30.2 Å². The van der Waals surface area contributed by atoms with Crippen LogP contribution in [0.4, 0.5) is 0 Å². The number of hydrogen-bond acceptors (Lipinski definition) is 1. The van der Waals surface area contributed by atoms with E-state index in [1.165, 1.54) is 27.4 Å². The molecule has 0 amide bonds. The van der Waals surface area contributed by atoms with Gasteiger partial charge in [-0.25, -0.2) is 0 Å². The van der Waals surface area contributed by atoms with Gasteiger partial charge in [0.25, 0.3) is 0 Å². The van der Waals surface area contributed by atoms with Gasteiger partial charge in [0.15, 0.2) is 0 Å². The highest BCUT2D eigenvalue weighted by molar-refractivity contribution is 6.09. The van der Waals surface area contributed by atoms with Crippen molar-refractivity contribution < 1.29 is 0 Å². The summed E-state index contributed by atoms with van der Waals surface area (Å²) >= 11 is 0. The fourth-order valence-corrected chi connectivity index (χ4v) is 2.67. The molecule has 0 aliphatic heterocycles. The summed E-state index contributed by atoms with van der Waals surface area (Å²) in [5.74, 6) is 0. The maximum absolute atomic E-state index is 4.03. The summed E-state index contributed by atoms with van der Waals surface area (Å²) in [6, 6.07) is 12.9. The molecule has 20 heavy (non-hydrogen) atoms. The average molecular weight is 262 g/mol. The number of benzene rings is 2. The minimum absolute atomic E-state index is 1.08. The van der Waals surface area contributed by atoms with Crippen LogP contribution in [0.25, 0.3) is 33.5 Å². The average Bonchev–Trinajstić information content (AvgIpc) is 2.78. The van der Waals surface area contributed by atoms with Gasteiger partial charge in [-0.15, -0.1) is 0 Å². The lowest BCUT2D eigenvalue weighted by molar-refractivity contribution is 1.02. The van der Waals surface area contributed by atoms with Crippen LogP contribution in [0.15, 0.2) is 49.6 Å². The molecule has 2 heteroatoms. The first-order valence-corrected chi connectivity index (χ1v) is 6.70. The van der Waals surface area contributed by atoms with Crippen LogP contribution in [0, 0.1) is 0 Å². The van der Waals surface area contributed by atoms with Crippen LogP contribution < -0.4 is 5.43 Å². The molecular formula is C18H18N2. The summed E-state index contributed by atoms with van der Waals surface area (Å²) in [4.78, 5) is 0. The highest BCUT2D eigenvalue weighted by atomic mass is 15.4. The second-order valence-corrected chi connectivity index (χ2v) is 5.05. The number of aromatic nitrogens is 1. The summed E-state index contributed by atoms with van der Waals surface area (Å²) in [6.07, 6.45) is 1.87. The van der Waals surface area contributed by atoms with E-state index < -0.39 is 0 Å². The van der Waals surface area contributed by atoms with Crippen molar-refractivity contribution in [2.24, 2.45) is 0 Å². The van der Waals surface area contributed by atoms with Gasteiger partial charge in [-0.3, -0.25) is 4.68 Å². The van der Waals surface area contributed by atoms with Crippen molar-refractivity contribution in [3.63, 3.8) is 0 Å². The Labute approximate surface area is 119 Å². The molecule has 0 atom stereocenters. The van der Waals surface area contributed by atoms with Gasteiger partial charge >= 0.3 is 0 Å². The predicted molar refractivity (Wildman–Crippen MR) is 89.5 cm³/mol. The van der Waals surface area contributed by atoms with Gasteiger partial charge in [-0.2, -0.15) is 0 Å². The molecule has 0 saturated heterocycles. The van der Waals surface area contributed by atoms with E-state index in [2.05, 4.69) is 59.7 Å². The third-order valence-electron chi connectivity index (χ3n) is 3.74. The van der Waals surface area contributed by atoms with Gasteiger partial charge in [0.2, 0.25) is 0 Å². The third kappa shape index (κ3) is 1.73. The molecule has 3 rings (SSSR count). The Morgan fingerprint density at radius 1 is 1.10 bits per heavy atom. The molecule has 1 heterocycles. The van der Waals surface area contributed by atoms with Crippen molar-refractivity contribution in [2.75, 3.05) is 12.5 Å². The van der Waals surface area contributed by atoms with Crippen LogP contribution in [0.1, 0.15) is 18.1 Å². The lowest BCUT2D eigenvalue weighted by Gasteiger charge is -2.07. The van der Waals surface area contributed by atoms with Crippen LogP contribution in [-0.2, 0) is 0 Å². The minimum atomic E-state index is 1.08. The Balaban J connectivity index is 2.45. The molecule has 100 valence electrons. The van der Waals surface area contributed by atoms with Crippen LogP contribution in [0.5, 0.6) is 0 Å². The first-order valence-electron chi connectivity index (χ1n) is 6.70. The van der Waals surface area contributed by atoms with Crippen molar-refractivity contribution in [1.82, 2.24) is 4.68 Å². The molecule has 3 aromatic rings. The van der Waals surface area contributed by atoms with E-state index >= 15 is 0 Å². The Hall–Kier alpha value is -2.48. The topological polar surface area (TPSA) is 17.0 Å². The number of allylic oxidation sites excluding steroid dienone is 1. The second kappa shape index (κ2) is 4.57. The first-order chi connectivity index (χ1) is 9.65. The number of nitrogens with zero attached hydrogens (tertiary/aromatic N) is 1. The zero-order valence-corrected chi connectivity index (χ0v) is 11.9. The molecule has 1 aromatic heterocycles. The molecule has 0 bridgehead atoms. The third-order valence-corrected chi connectivity index (χ3v) is 3.74. The van der Waals surface area contributed by atoms with Gasteiger partial charge in [-0.1, -0.05) is 49.1 Å². The van der Waals surface area contributed by atoms with Crippen LogP contribution >= 0.6 is 0 Å². The van der Waals surface area contributed by atoms with Crippen molar-refractivity contribution >= 4 is 33.5 Å². The minimum Gasteiger partial charge on any atom is -0.328 e. The van der Waals surface area contributed by atoms with Gasteiger partial charge in [0.1, 0.15) is 0 Å². The van der Waals surface area contributed by atoms with Crippen molar-refractivity contribution in [3.8, 4) is 0 Å². The van der Waals surface area contributed by atoms with Crippen LogP contribution in [0.2, 0.25) is 0 Å². The van der Waals surface area contributed by atoms with Crippen molar-refractivity contribution in [3.05, 3.63) is 60.7 Å². The summed E-state index contributed by atoms with van der Waals surface area (Å²) in [5, 5.41) is 2.49. The molecule has 0 radical (unpaired) electrons. The number of nitrogens with one attached hydrogen (secondary N) is 1. The van der Waals surface area contributed by atoms with Crippen LogP contribution in [0.3, 0.4) is 0 Å². The molecule has 0 fully saturated rings. The first kappa shape index (κ1) is 12.5. The molecule has 0 spiro atoms. The van der Waals surface area contributed by atoms with E-state index in [9.17, 15) is 0 Å². The lowest BCUT2D eigenvalue weighted by atomic mass is 10.1. The van der Waals surface area contributed by atoms with E-state index in [0.29, 0.717) is 0 Å². The maximum atomic E-state index is 4.03. The normalized spacial score (nSPS) is 10.9. The Morgan fingerprint density at radius 3 is 2.35 bits per heavy atom. The zero-order valence-electron chi connectivity index (χ0n) is 11.9. The van der Waals surface area contributed by atoms with E-state index in [1.807, 2.05) is 20.0 Å². The second-order valence-electron chi connectivity index (χ2n) is 5.05. The smallest absolute Gasteiger partial charge is 0.0711 e. The molecule has 2 aromatic carbocycles. The standard InChI is InChI=1S/C18H18N2/c1-5-13-6-8-15-16-9-7-14(12(2)3)11-18(16)20(19-4)17(15)10-13/h5-11,19H,1-2H2,3-4H3. The number of hydrogen-bond donors (Lipinski definition) is 1. The monoisotopic (exact) mass is 262 g/mol. The van der Waals surface area contributed by atoms with Crippen molar-refractivity contribution in [1.29, 1.82) is 0 Å². The van der Waals surface area contributed by atoms with E-state index in [-0.39, 0.29) is 0 Å². The summed E-state index contributed by atoms with van der Waals surface area (Å²) < 4.78 is 2.12. The summed E-state index contributed by atoms with van der Waals surface area (Å²) in [5.41, 5.74) is 8.96. The number of rotatable bonds is 3. The molecule has 0 aliphatic carbocycles. The Bertz CT molecular complexity index is 837. The highest BCUT2D eigenvalue weighted by Gasteiger charge is 2.10. The van der Waals surface area contributed by atoms with Crippen molar-refractivity contribution in [2.45, 2.75) is 6.92 Å². The quantitative estimate of drug-likeness (QED) is 0.727. The molecule has 2 nitrogen and oxygen atoms in total. The van der Waals surface area contributed by atoms with E-state index in [4.69, 9.17) is 0 Å². The lowest BCUT2D eigenvalue weighted by Crippen LogP contribution is -2.07.